The number of nitrogens with zero attached hydrogens (tertiary/aromatic N) is 2. The maximum absolute atomic E-state index is 13.1. The molecule has 1 aromatic heterocycles. The van der Waals surface area contributed by atoms with E-state index in [1.54, 1.807) is 54.6 Å². The summed E-state index contributed by atoms with van der Waals surface area (Å²) in [6, 6.07) is 15.8. The molecule has 34 heavy (non-hydrogen) atoms. The Morgan fingerprint density at radius 2 is 1.91 bits per heavy atom. The average Bonchev–Trinajstić information content (AvgIpc) is 3.45. The van der Waals surface area contributed by atoms with Gasteiger partial charge in [-0.05, 0) is 73.0 Å². The maximum atomic E-state index is 13.1. The van der Waals surface area contributed by atoms with Crippen LogP contribution in [-0.2, 0) is 9.59 Å². The summed E-state index contributed by atoms with van der Waals surface area (Å²) in [4.78, 5) is 27.5. The number of hydrogen-bond donors (Lipinski definition) is 1. The molecule has 1 amide bonds. The van der Waals surface area contributed by atoms with Crippen LogP contribution in [0.4, 0.5) is 5.69 Å². The van der Waals surface area contributed by atoms with Crippen LogP contribution >= 0.6 is 0 Å². The number of nitriles is 1. The second-order valence-corrected chi connectivity index (χ2v) is 8.53. The van der Waals surface area contributed by atoms with Crippen molar-refractivity contribution in [1.29, 1.82) is 5.26 Å². The number of anilines is 1. The summed E-state index contributed by atoms with van der Waals surface area (Å²) >= 11 is 0. The minimum Gasteiger partial charge on any atom is -0.507 e. The van der Waals surface area contributed by atoms with E-state index < -0.39 is 17.7 Å². The fourth-order valence-corrected chi connectivity index (χ4v) is 3.88. The minimum atomic E-state index is -0.958. The van der Waals surface area contributed by atoms with E-state index in [1.807, 2.05) is 13.0 Å². The fraction of sp³-hybridized carbons (Fsp3) is 0.222. The first-order valence-corrected chi connectivity index (χ1v) is 10.9. The van der Waals surface area contributed by atoms with Crippen molar-refractivity contribution in [3.05, 3.63) is 88.9 Å². The third kappa shape index (κ3) is 4.18. The Kier molecular flexibility index (Phi) is 6.24. The highest BCUT2D eigenvalue weighted by Crippen LogP contribution is 2.42. The highest BCUT2D eigenvalue weighted by Gasteiger charge is 2.48. The molecule has 172 valence electrons. The third-order valence-electron chi connectivity index (χ3n) is 5.55. The number of aryl methyl sites for hydroxylation is 1. The van der Waals surface area contributed by atoms with Gasteiger partial charge >= 0.3 is 0 Å². The first kappa shape index (κ1) is 22.9. The molecule has 3 aromatic rings. The van der Waals surface area contributed by atoms with Crippen LogP contribution in [0.5, 0.6) is 5.75 Å². The second-order valence-electron chi connectivity index (χ2n) is 8.53. The Morgan fingerprint density at radius 1 is 1.18 bits per heavy atom. The topological polar surface area (TPSA) is 104 Å². The number of ether oxygens (including phenoxy) is 1. The van der Waals surface area contributed by atoms with Gasteiger partial charge in [0, 0.05) is 11.3 Å². The van der Waals surface area contributed by atoms with Gasteiger partial charge in [0.2, 0.25) is 0 Å². The van der Waals surface area contributed by atoms with Gasteiger partial charge in [-0.3, -0.25) is 14.5 Å². The monoisotopic (exact) mass is 456 g/mol. The number of Topliss-reactive ketones (excluding diaryl/α,β-unsaturated/α-hetero) is 1. The van der Waals surface area contributed by atoms with E-state index in [0.717, 1.165) is 5.56 Å². The molecule has 7 nitrogen and oxygen atoms in total. The molecule has 0 radical (unpaired) electrons. The molecular formula is C27H24N2O5. The summed E-state index contributed by atoms with van der Waals surface area (Å²) in [6.07, 6.45) is 1.44. The molecule has 0 spiro atoms. The minimum absolute atomic E-state index is 0.0699. The lowest BCUT2D eigenvalue weighted by Gasteiger charge is -2.23. The molecule has 1 fully saturated rings. The van der Waals surface area contributed by atoms with Gasteiger partial charge in [0.05, 0.1) is 30.1 Å². The van der Waals surface area contributed by atoms with Crippen LogP contribution in [0.1, 0.15) is 42.3 Å². The Balaban J connectivity index is 1.80. The van der Waals surface area contributed by atoms with E-state index in [4.69, 9.17) is 14.4 Å². The largest absolute Gasteiger partial charge is 0.507 e. The van der Waals surface area contributed by atoms with Gasteiger partial charge in [-0.25, -0.2) is 0 Å². The molecule has 4 rings (SSSR count). The van der Waals surface area contributed by atoms with E-state index in [1.165, 1.54) is 11.2 Å². The first-order valence-electron chi connectivity index (χ1n) is 10.9. The summed E-state index contributed by atoms with van der Waals surface area (Å²) < 4.78 is 11.4. The number of carbonyl (C=O) groups excluding carboxylic acids is 2. The zero-order valence-corrected chi connectivity index (χ0v) is 19.1. The molecule has 2 heterocycles. The van der Waals surface area contributed by atoms with Gasteiger partial charge in [0.15, 0.2) is 0 Å². The Hall–Kier alpha value is -4.31. The van der Waals surface area contributed by atoms with Crippen molar-refractivity contribution in [2.24, 2.45) is 5.92 Å². The van der Waals surface area contributed by atoms with Crippen LogP contribution in [0, 0.1) is 24.2 Å². The summed E-state index contributed by atoms with van der Waals surface area (Å²) in [7, 11) is 0. The van der Waals surface area contributed by atoms with Gasteiger partial charge in [-0.15, -0.1) is 0 Å². The molecule has 0 bridgehead atoms. The van der Waals surface area contributed by atoms with Crippen molar-refractivity contribution in [1.82, 2.24) is 0 Å². The van der Waals surface area contributed by atoms with Crippen LogP contribution in [0.2, 0.25) is 0 Å². The SMILES string of the molecule is Cc1cc(/C(O)=C2/C(=O)C(=O)N(c3ccc(C#N)cc3)C2c2ccco2)ccc1OCC(C)C. The van der Waals surface area contributed by atoms with Crippen LogP contribution in [0.25, 0.3) is 5.76 Å². The van der Waals surface area contributed by atoms with Gasteiger partial charge < -0.3 is 14.3 Å². The summed E-state index contributed by atoms with van der Waals surface area (Å²) in [5.74, 6) is -0.528. The van der Waals surface area contributed by atoms with Crippen molar-refractivity contribution in [3.8, 4) is 11.8 Å². The van der Waals surface area contributed by atoms with Crippen molar-refractivity contribution in [2.45, 2.75) is 26.8 Å². The molecule has 0 saturated carbocycles. The number of benzene rings is 2. The number of rotatable bonds is 6. The van der Waals surface area contributed by atoms with E-state index in [-0.39, 0.29) is 11.3 Å². The molecule has 7 heteroatoms. The van der Waals surface area contributed by atoms with Crippen LogP contribution in [0.3, 0.4) is 0 Å². The molecule has 1 unspecified atom stereocenters. The zero-order chi connectivity index (χ0) is 24.4. The molecule has 1 N–H and O–H groups in total. The second kappa shape index (κ2) is 9.28. The van der Waals surface area contributed by atoms with Gasteiger partial charge in [-0.2, -0.15) is 5.26 Å². The lowest BCUT2D eigenvalue weighted by atomic mass is 9.98. The number of carbonyl (C=O) groups is 2. The van der Waals surface area contributed by atoms with Crippen LogP contribution in [0.15, 0.2) is 70.9 Å². The smallest absolute Gasteiger partial charge is 0.300 e. The van der Waals surface area contributed by atoms with Crippen molar-refractivity contribution >= 4 is 23.1 Å². The zero-order valence-electron chi connectivity index (χ0n) is 19.1. The Morgan fingerprint density at radius 3 is 2.50 bits per heavy atom. The highest BCUT2D eigenvalue weighted by atomic mass is 16.5. The number of aliphatic hydroxyl groups excluding tert-OH is 1. The summed E-state index contributed by atoms with van der Waals surface area (Å²) in [5.41, 5.74) is 1.95. The number of amides is 1. The van der Waals surface area contributed by atoms with E-state index >= 15 is 0 Å². The number of ketones is 1. The van der Waals surface area contributed by atoms with E-state index in [9.17, 15) is 14.7 Å². The Labute approximate surface area is 197 Å². The van der Waals surface area contributed by atoms with E-state index in [2.05, 4.69) is 13.8 Å². The summed E-state index contributed by atoms with van der Waals surface area (Å²) in [6.45, 7) is 6.51. The fourth-order valence-electron chi connectivity index (χ4n) is 3.88. The van der Waals surface area contributed by atoms with Crippen LogP contribution < -0.4 is 9.64 Å². The maximum Gasteiger partial charge on any atom is 0.300 e. The van der Waals surface area contributed by atoms with Crippen molar-refractivity contribution < 1.29 is 23.8 Å². The summed E-state index contributed by atoms with van der Waals surface area (Å²) in [5, 5.41) is 20.3. The number of hydrogen-bond acceptors (Lipinski definition) is 6. The van der Waals surface area contributed by atoms with Crippen LogP contribution in [-0.4, -0.2) is 23.4 Å². The lowest BCUT2D eigenvalue weighted by molar-refractivity contribution is -0.132. The molecule has 1 atom stereocenters. The molecule has 1 aliphatic rings. The Bertz CT molecular complexity index is 1300. The van der Waals surface area contributed by atoms with Gasteiger partial charge in [0.25, 0.3) is 11.7 Å². The van der Waals surface area contributed by atoms with E-state index in [0.29, 0.717) is 40.8 Å². The average molecular weight is 456 g/mol. The quantitative estimate of drug-likeness (QED) is 0.314. The van der Waals surface area contributed by atoms with Gasteiger partial charge in [0.1, 0.15) is 23.3 Å². The molecule has 2 aromatic carbocycles. The standard InChI is InChI=1S/C27H24N2O5/c1-16(2)15-34-21-11-8-19(13-17(21)3)25(30)23-24(22-5-4-12-33-22)29(27(32)26(23)31)20-9-6-18(14-28)7-10-20/h4-13,16,24,30H,15H2,1-3H3/b25-23-. The predicted molar refractivity (Wildman–Crippen MR) is 126 cm³/mol. The predicted octanol–water partition coefficient (Wildman–Crippen LogP) is 5.12. The normalized spacial score (nSPS) is 17.3. The van der Waals surface area contributed by atoms with Crippen molar-refractivity contribution in [2.75, 3.05) is 11.5 Å². The molecule has 0 aliphatic carbocycles. The van der Waals surface area contributed by atoms with Crippen molar-refractivity contribution in [3.63, 3.8) is 0 Å². The van der Waals surface area contributed by atoms with Gasteiger partial charge in [-0.1, -0.05) is 13.8 Å². The lowest BCUT2D eigenvalue weighted by Crippen LogP contribution is -2.29. The molecule has 1 saturated heterocycles. The molecule has 1 aliphatic heterocycles. The number of furan rings is 1. The highest BCUT2D eigenvalue weighted by molar-refractivity contribution is 6.51. The first-order chi connectivity index (χ1) is 16.3. The molecular weight excluding hydrogens is 432 g/mol. The number of aliphatic hydroxyl groups is 1. The third-order valence-corrected chi connectivity index (χ3v) is 5.55.